The first-order chi connectivity index (χ1) is 7.87. The van der Waals surface area contributed by atoms with Gasteiger partial charge in [-0.3, -0.25) is 0 Å². The molecule has 0 radical (unpaired) electrons. The molecule has 1 aromatic carbocycles. The highest BCUT2D eigenvalue weighted by atomic mass is 16.5. The second-order valence-corrected chi connectivity index (χ2v) is 5.40. The fraction of sp³-hybridized carbons (Fsp3) is 0.429. The number of ether oxygens (including phenoxy) is 1. The molecule has 1 aromatic rings. The minimum absolute atomic E-state index is 0.198. The number of rotatable bonds is 2. The van der Waals surface area contributed by atoms with Gasteiger partial charge in [0, 0.05) is 18.3 Å². The summed E-state index contributed by atoms with van der Waals surface area (Å²) >= 11 is 0. The maximum atomic E-state index is 5.96. The Hall–Kier alpha value is -1.64. The Morgan fingerprint density at radius 2 is 2.24 bits per heavy atom. The fourth-order valence-electron chi connectivity index (χ4n) is 2.22. The van der Waals surface area contributed by atoms with Gasteiger partial charge in [0.2, 0.25) is 0 Å². The van der Waals surface area contributed by atoms with Crippen LogP contribution in [0, 0.1) is 0 Å². The zero-order valence-corrected chi connectivity index (χ0v) is 10.8. The van der Waals surface area contributed by atoms with Crippen molar-refractivity contribution < 1.29 is 4.74 Å². The third-order valence-corrected chi connectivity index (χ3v) is 2.74. The molecule has 1 aliphatic heterocycles. The van der Waals surface area contributed by atoms with E-state index in [9.17, 15) is 0 Å². The van der Waals surface area contributed by atoms with E-state index >= 15 is 0 Å². The van der Waals surface area contributed by atoms with Gasteiger partial charge < -0.3 is 15.4 Å². The molecule has 0 saturated carbocycles. The summed E-state index contributed by atoms with van der Waals surface area (Å²) < 4.78 is 5.96. The van der Waals surface area contributed by atoms with Crippen molar-refractivity contribution in [3.63, 3.8) is 0 Å². The molecule has 0 bridgehead atoms. The minimum Gasteiger partial charge on any atom is -0.484 e. The van der Waals surface area contributed by atoms with Crippen molar-refractivity contribution in [1.82, 2.24) is 0 Å². The molecule has 0 fully saturated rings. The predicted molar refractivity (Wildman–Crippen MR) is 72.6 cm³/mol. The van der Waals surface area contributed by atoms with Crippen LogP contribution in [0.2, 0.25) is 0 Å². The van der Waals surface area contributed by atoms with E-state index in [1.807, 2.05) is 25.1 Å². The number of nitrogen functional groups attached to an aromatic ring is 1. The molecule has 0 amide bonds. The lowest BCUT2D eigenvalue weighted by molar-refractivity contribution is 0.106. The van der Waals surface area contributed by atoms with E-state index in [4.69, 9.17) is 10.5 Å². The van der Waals surface area contributed by atoms with E-state index in [0.717, 1.165) is 35.8 Å². The molecular formula is C14H20N2O. The van der Waals surface area contributed by atoms with Gasteiger partial charge in [0.05, 0.1) is 12.2 Å². The van der Waals surface area contributed by atoms with Gasteiger partial charge in [0.15, 0.2) is 0 Å². The standard InChI is InChI=1S/C14H20N2O/c1-10(2)8-16-9-14(3,4)17-13-7-11(15)5-6-12(13)16/h5-7H,1,8-9,15H2,2-4H3. The fourth-order valence-corrected chi connectivity index (χ4v) is 2.22. The van der Waals surface area contributed by atoms with Gasteiger partial charge in [-0.15, -0.1) is 0 Å². The molecule has 3 heteroatoms. The second-order valence-electron chi connectivity index (χ2n) is 5.40. The van der Waals surface area contributed by atoms with E-state index in [1.165, 1.54) is 0 Å². The summed E-state index contributed by atoms with van der Waals surface area (Å²) in [5.74, 6) is 0.863. The summed E-state index contributed by atoms with van der Waals surface area (Å²) in [4.78, 5) is 2.29. The summed E-state index contributed by atoms with van der Waals surface area (Å²) in [5.41, 5.74) is 8.58. The Morgan fingerprint density at radius 3 is 2.88 bits per heavy atom. The predicted octanol–water partition coefficient (Wildman–Crippen LogP) is 2.82. The van der Waals surface area contributed by atoms with Gasteiger partial charge in [-0.25, -0.2) is 0 Å². The number of nitrogens with two attached hydrogens (primary N) is 1. The monoisotopic (exact) mass is 232 g/mol. The van der Waals surface area contributed by atoms with Gasteiger partial charge in [-0.1, -0.05) is 12.2 Å². The van der Waals surface area contributed by atoms with Crippen LogP contribution in [0.3, 0.4) is 0 Å². The molecule has 0 aliphatic carbocycles. The first-order valence-corrected chi connectivity index (χ1v) is 5.85. The van der Waals surface area contributed by atoms with Crippen LogP contribution in [-0.2, 0) is 0 Å². The second kappa shape index (κ2) is 3.99. The average molecular weight is 232 g/mol. The van der Waals surface area contributed by atoms with Gasteiger partial charge in [-0.05, 0) is 32.9 Å². The van der Waals surface area contributed by atoms with Crippen molar-refractivity contribution in [1.29, 1.82) is 0 Å². The molecule has 0 spiro atoms. The topological polar surface area (TPSA) is 38.5 Å². The Bertz CT molecular complexity index is 452. The summed E-state index contributed by atoms with van der Waals surface area (Å²) in [6.07, 6.45) is 0. The number of anilines is 2. The van der Waals surface area contributed by atoms with Crippen molar-refractivity contribution >= 4 is 11.4 Å². The maximum Gasteiger partial charge on any atom is 0.145 e. The van der Waals surface area contributed by atoms with Crippen LogP contribution >= 0.6 is 0 Å². The molecule has 2 rings (SSSR count). The molecule has 0 unspecified atom stereocenters. The largest absolute Gasteiger partial charge is 0.484 e. The number of nitrogens with zero attached hydrogens (tertiary/aromatic N) is 1. The number of hydrogen-bond donors (Lipinski definition) is 1. The van der Waals surface area contributed by atoms with Crippen molar-refractivity contribution in [2.24, 2.45) is 0 Å². The lowest BCUT2D eigenvalue weighted by Gasteiger charge is -2.41. The number of benzene rings is 1. The van der Waals surface area contributed by atoms with Crippen molar-refractivity contribution in [2.75, 3.05) is 23.7 Å². The zero-order chi connectivity index (χ0) is 12.6. The third-order valence-electron chi connectivity index (χ3n) is 2.74. The summed E-state index contributed by atoms with van der Waals surface area (Å²) in [7, 11) is 0. The van der Waals surface area contributed by atoms with Crippen LogP contribution < -0.4 is 15.4 Å². The van der Waals surface area contributed by atoms with Gasteiger partial charge in [0.1, 0.15) is 11.4 Å². The molecule has 2 N–H and O–H groups in total. The molecule has 1 aliphatic rings. The van der Waals surface area contributed by atoms with Crippen LogP contribution in [0.1, 0.15) is 20.8 Å². The van der Waals surface area contributed by atoms with E-state index in [0.29, 0.717) is 0 Å². The molecule has 92 valence electrons. The van der Waals surface area contributed by atoms with Crippen LogP contribution in [0.4, 0.5) is 11.4 Å². The average Bonchev–Trinajstić information content (AvgIpc) is 2.13. The third kappa shape index (κ3) is 2.54. The van der Waals surface area contributed by atoms with E-state index < -0.39 is 0 Å². The smallest absolute Gasteiger partial charge is 0.145 e. The number of hydrogen-bond acceptors (Lipinski definition) is 3. The Morgan fingerprint density at radius 1 is 1.53 bits per heavy atom. The molecule has 3 nitrogen and oxygen atoms in total. The Labute approximate surface area is 103 Å². The molecule has 1 heterocycles. The highest BCUT2D eigenvalue weighted by Crippen LogP contribution is 2.38. The molecule has 0 saturated heterocycles. The van der Waals surface area contributed by atoms with Gasteiger partial charge in [0.25, 0.3) is 0 Å². The van der Waals surface area contributed by atoms with Crippen LogP contribution in [0.15, 0.2) is 30.4 Å². The quantitative estimate of drug-likeness (QED) is 0.629. The number of fused-ring (bicyclic) bond motifs is 1. The van der Waals surface area contributed by atoms with Crippen LogP contribution in [0.25, 0.3) is 0 Å². The summed E-state index contributed by atoms with van der Waals surface area (Å²) in [6, 6.07) is 5.82. The van der Waals surface area contributed by atoms with Crippen molar-refractivity contribution in [3.8, 4) is 5.75 Å². The van der Waals surface area contributed by atoms with Crippen LogP contribution in [0.5, 0.6) is 5.75 Å². The van der Waals surface area contributed by atoms with Crippen LogP contribution in [-0.4, -0.2) is 18.7 Å². The first kappa shape index (κ1) is 11.8. The highest BCUT2D eigenvalue weighted by Gasteiger charge is 2.31. The van der Waals surface area contributed by atoms with Gasteiger partial charge >= 0.3 is 0 Å². The summed E-state index contributed by atoms with van der Waals surface area (Å²) in [6.45, 7) is 11.9. The van der Waals surface area contributed by atoms with E-state index in [1.54, 1.807) is 0 Å². The molecule has 0 atom stereocenters. The normalized spacial score (nSPS) is 17.2. The first-order valence-electron chi connectivity index (χ1n) is 5.85. The lowest BCUT2D eigenvalue weighted by atomic mass is 10.0. The van der Waals surface area contributed by atoms with Crippen molar-refractivity contribution in [2.45, 2.75) is 26.4 Å². The molecule has 0 aromatic heterocycles. The maximum absolute atomic E-state index is 5.96. The zero-order valence-electron chi connectivity index (χ0n) is 10.8. The van der Waals surface area contributed by atoms with E-state index in [2.05, 4.69) is 25.3 Å². The van der Waals surface area contributed by atoms with Gasteiger partial charge in [-0.2, -0.15) is 0 Å². The minimum atomic E-state index is -0.198. The SMILES string of the molecule is C=C(C)CN1CC(C)(C)Oc2cc(N)ccc21. The lowest BCUT2D eigenvalue weighted by Crippen LogP contribution is -2.47. The van der Waals surface area contributed by atoms with E-state index in [-0.39, 0.29) is 5.60 Å². The Kier molecular flexibility index (Phi) is 2.77. The molecule has 17 heavy (non-hydrogen) atoms. The Balaban J connectivity index is 2.40. The molecular weight excluding hydrogens is 212 g/mol. The summed E-state index contributed by atoms with van der Waals surface area (Å²) in [5, 5.41) is 0. The van der Waals surface area contributed by atoms with Crippen molar-refractivity contribution in [3.05, 3.63) is 30.4 Å². The highest BCUT2D eigenvalue weighted by molar-refractivity contribution is 5.66.